The Bertz CT molecular complexity index is 629. The van der Waals surface area contributed by atoms with E-state index in [0.717, 1.165) is 13.1 Å². The van der Waals surface area contributed by atoms with Gasteiger partial charge in [-0.1, -0.05) is 17.7 Å². The van der Waals surface area contributed by atoms with Crippen LogP contribution in [0.15, 0.2) is 17.0 Å². The normalized spacial score (nSPS) is 15.4. The first kappa shape index (κ1) is 20.8. The molecule has 1 aromatic rings. The van der Waals surface area contributed by atoms with Gasteiger partial charge in [0.25, 0.3) is 0 Å². The third-order valence-electron chi connectivity index (χ3n) is 4.49. The lowest BCUT2D eigenvalue weighted by atomic mass is 10.1. The van der Waals surface area contributed by atoms with Crippen LogP contribution in [0.1, 0.15) is 30.5 Å². The van der Waals surface area contributed by atoms with Crippen molar-refractivity contribution in [3.05, 3.63) is 28.8 Å². The van der Waals surface area contributed by atoms with Crippen LogP contribution in [-0.2, 0) is 9.59 Å². The second-order valence-electron chi connectivity index (χ2n) is 7.40. The lowest BCUT2D eigenvalue weighted by Gasteiger charge is -2.34. The third-order valence-corrected chi connectivity index (χ3v) is 5.81. The molecule has 0 aromatic heterocycles. The summed E-state index contributed by atoms with van der Waals surface area (Å²) in [5.41, 5.74) is 3.73. The molecule has 1 aromatic carbocycles. The number of thioether (sulfide) groups is 1. The van der Waals surface area contributed by atoms with Crippen LogP contribution >= 0.6 is 11.8 Å². The number of nitrogens with one attached hydrogen (secondary N) is 1. The summed E-state index contributed by atoms with van der Waals surface area (Å²) in [5, 5.41) is 2.91. The Morgan fingerprint density at radius 2 is 1.65 bits per heavy atom. The van der Waals surface area contributed by atoms with Crippen LogP contribution in [0.25, 0.3) is 0 Å². The van der Waals surface area contributed by atoms with Crippen molar-refractivity contribution < 1.29 is 9.59 Å². The number of aryl methyl sites for hydroxylation is 3. The molecule has 0 atom stereocenters. The van der Waals surface area contributed by atoms with E-state index in [0.29, 0.717) is 25.4 Å². The number of hydrogen-bond acceptors (Lipinski definition) is 4. The van der Waals surface area contributed by atoms with Gasteiger partial charge in [0.15, 0.2) is 0 Å². The summed E-state index contributed by atoms with van der Waals surface area (Å²) in [7, 11) is 0. The second kappa shape index (κ2) is 9.42. The van der Waals surface area contributed by atoms with E-state index in [-0.39, 0.29) is 17.9 Å². The molecular weight excluding hydrogens is 346 g/mol. The van der Waals surface area contributed by atoms with Crippen LogP contribution in [-0.4, -0.2) is 66.1 Å². The van der Waals surface area contributed by atoms with Crippen LogP contribution in [0.5, 0.6) is 0 Å². The molecule has 2 amide bonds. The second-order valence-corrected chi connectivity index (χ2v) is 8.38. The first-order valence-corrected chi connectivity index (χ1v) is 10.2. The number of rotatable bonds is 6. The molecule has 26 heavy (non-hydrogen) atoms. The van der Waals surface area contributed by atoms with E-state index in [2.05, 4.69) is 43.1 Å². The van der Waals surface area contributed by atoms with Gasteiger partial charge in [0.1, 0.15) is 0 Å². The predicted molar refractivity (Wildman–Crippen MR) is 108 cm³/mol. The van der Waals surface area contributed by atoms with Crippen LogP contribution < -0.4 is 5.32 Å². The summed E-state index contributed by atoms with van der Waals surface area (Å²) in [6, 6.07) is 4.50. The van der Waals surface area contributed by atoms with Gasteiger partial charge < -0.3 is 10.2 Å². The Morgan fingerprint density at radius 1 is 1.08 bits per heavy atom. The Hall–Kier alpha value is -1.53. The molecule has 0 bridgehead atoms. The van der Waals surface area contributed by atoms with Gasteiger partial charge in [-0.25, -0.2) is 0 Å². The molecule has 6 heteroatoms. The minimum Gasteiger partial charge on any atom is -0.353 e. The van der Waals surface area contributed by atoms with Gasteiger partial charge in [-0.05, 0) is 45.7 Å². The highest BCUT2D eigenvalue weighted by Crippen LogP contribution is 2.27. The zero-order valence-electron chi connectivity index (χ0n) is 16.6. The van der Waals surface area contributed by atoms with Crippen molar-refractivity contribution in [2.45, 2.75) is 45.6 Å². The first-order chi connectivity index (χ1) is 12.3. The molecule has 1 saturated heterocycles. The average Bonchev–Trinajstić information content (AvgIpc) is 2.53. The molecule has 2 rings (SSSR count). The minimum absolute atomic E-state index is 0.0562. The van der Waals surface area contributed by atoms with Gasteiger partial charge in [0.2, 0.25) is 11.8 Å². The topological polar surface area (TPSA) is 52.7 Å². The number of carbonyl (C=O) groups excluding carboxylic acids is 2. The third kappa shape index (κ3) is 6.02. The molecule has 0 spiro atoms. The van der Waals surface area contributed by atoms with Crippen LogP contribution in [0.3, 0.4) is 0 Å². The van der Waals surface area contributed by atoms with Gasteiger partial charge in [0.05, 0.1) is 12.3 Å². The summed E-state index contributed by atoms with van der Waals surface area (Å²) in [6.07, 6.45) is 0. The van der Waals surface area contributed by atoms with Crippen molar-refractivity contribution in [2.75, 3.05) is 38.5 Å². The predicted octanol–water partition coefficient (Wildman–Crippen LogP) is 2.37. The Balaban J connectivity index is 1.79. The van der Waals surface area contributed by atoms with E-state index in [1.807, 2.05) is 18.7 Å². The Kier molecular flexibility index (Phi) is 7.53. The number of piperazine rings is 1. The van der Waals surface area contributed by atoms with E-state index >= 15 is 0 Å². The zero-order valence-corrected chi connectivity index (χ0v) is 17.4. The van der Waals surface area contributed by atoms with Crippen molar-refractivity contribution in [3.8, 4) is 0 Å². The van der Waals surface area contributed by atoms with Crippen molar-refractivity contribution in [1.29, 1.82) is 0 Å². The number of hydrogen-bond donors (Lipinski definition) is 1. The van der Waals surface area contributed by atoms with Crippen molar-refractivity contribution in [1.82, 2.24) is 15.1 Å². The van der Waals surface area contributed by atoms with Crippen LogP contribution in [0.2, 0.25) is 0 Å². The molecule has 5 nitrogen and oxygen atoms in total. The Morgan fingerprint density at radius 3 is 2.19 bits per heavy atom. The molecule has 1 N–H and O–H groups in total. The molecule has 0 radical (unpaired) electrons. The smallest absolute Gasteiger partial charge is 0.234 e. The maximum Gasteiger partial charge on any atom is 0.234 e. The van der Waals surface area contributed by atoms with E-state index in [1.54, 1.807) is 11.8 Å². The van der Waals surface area contributed by atoms with E-state index < -0.39 is 0 Å². The van der Waals surface area contributed by atoms with Gasteiger partial charge >= 0.3 is 0 Å². The molecule has 1 fully saturated rings. The SMILES string of the molecule is Cc1cc(C)c(SCC(=O)N2CCN(CC(=O)NC(C)C)CC2)c(C)c1. The fourth-order valence-corrected chi connectivity index (χ4v) is 4.37. The van der Waals surface area contributed by atoms with Gasteiger partial charge in [-0.3, -0.25) is 14.5 Å². The van der Waals surface area contributed by atoms with Crippen molar-refractivity contribution in [3.63, 3.8) is 0 Å². The molecule has 0 saturated carbocycles. The highest BCUT2D eigenvalue weighted by atomic mass is 32.2. The number of nitrogens with zero attached hydrogens (tertiary/aromatic N) is 2. The fourth-order valence-electron chi connectivity index (χ4n) is 3.35. The molecule has 1 aliphatic heterocycles. The average molecular weight is 378 g/mol. The number of carbonyl (C=O) groups is 2. The molecule has 0 aliphatic carbocycles. The number of benzene rings is 1. The van der Waals surface area contributed by atoms with Gasteiger partial charge in [0, 0.05) is 37.1 Å². The minimum atomic E-state index is 0.0562. The summed E-state index contributed by atoms with van der Waals surface area (Å²) in [6.45, 7) is 13.5. The lowest BCUT2D eigenvalue weighted by molar-refractivity contribution is -0.130. The van der Waals surface area contributed by atoms with E-state index in [4.69, 9.17) is 0 Å². The maximum absolute atomic E-state index is 12.5. The van der Waals surface area contributed by atoms with E-state index in [9.17, 15) is 9.59 Å². The Labute approximate surface area is 161 Å². The molecule has 0 unspecified atom stereocenters. The zero-order chi connectivity index (χ0) is 19.3. The highest BCUT2D eigenvalue weighted by molar-refractivity contribution is 8.00. The molecule has 144 valence electrons. The fraction of sp³-hybridized carbons (Fsp3) is 0.600. The highest BCUT2D eigenvalue weighted by Gasteiger charge is 2.22. The monoisotopic (exact) mass is 377 g/mol. The maximum atomic E-state index is 12.5. The first-order valence-electron chi connectivity index (χ1n) is 9.26. The summed E-state index contributed by atoms with van der Waals surface area (Å²) in [4.78, 5) is 29.6. The molecule has 1 aliphatic rings. The largest absolute Gasteiger partial charge is 0.353 e. The van der Waals surface area contributed by atoms with Gasteiger partial charge in [-0.15, -0.1) is 11.8 Å². The van der Waals surface area contributed by atoms with Crippen molar-refractivity contribution in [2.24, 2.45) is 0 Å². The summed E-state index contributed by atoms with van der Waals surface area (Å²) >= 11 is 1.63. The summed E-state index contributed by atoms with van der Waals surface area (Å²) in [5.74, 6) is 0.708. The lowest BCUT2D eigenvalue weighted by Crippen LogP contribution is -2.52. The number of amides is 2. The van der Waals surface area contributed by atoms with Gasteiger partial charge in [-0.2, -0.15) is 0 Å². The van der Waals surface area contributed by atoms with Crippen LogP contribution in [0.4, 0.5) is 0 Å². The quantitative estimate of drug-likeness (QED) is 0.774. The van der Waals surface area contributed by atoms with E-state index in [1.165, 1.54) is 21.6 Å². The standard InChI is InChI=1S/C20H31N3O2S/c1-14(2)21-18(24)12-22-6-8-23(9-7-22)19(25)13-26-20-16(4)10-15(3)11-17(20)5/h10-11,14H,6-9,12-13H2,1-5H3,(H,21,24). The van der Waals surface area contributed by atoms with Crippen molar-refractivity contribution >= 4 is 23.6 Å². The van der Waals surface area contributed by atoms with Crippen LogP contribution in [0, 0.1) is 20.8 Å². The molecular formula is C20H31N3O2S. The summed E-state index contributed by atoms with van der Waals surface area (Å²) < 4.78 is 0. The molecule has 1 heterocycles.